The number of hydrogen-bond acceptors (Lipinski definition) is 6. The molecule has 1 aromatic carbocycles. The van der Waals surface area contributed by atoms with E-state index in [1.54, 1.807) is 20.0 Å². The molecule has 0 saturated heterocycles. The van der Waals surface area contributed by atoms with Gasteiger partial charge in [0, 0.05) is 31.4 Å². The molecule has 3 aromatic rings. The second kappa shape index (κ2) is 9.61. The number of anilines is 1. The zero-order valence-corrected chi connectivity index (χ0v) is 20.2. The molecular weight excluding hydrogens is 441 g/mol. The van der Waals surface area contributed by atoms with Crippen molar-refractivity contribution in [2.45, 2.75) is 52.4 Å². The number of rotatable bonds is 7. The third kappa shape index (κ3) is 5.42. The number of nitrogens with one attached hydrogen (secondary N) is 1. The maximum absolute atomic E-state index is 14.1. The van der Waals surface area contributed by atoms with Crippen LogP contribution in [0.2, 0.25) is 5.02 Å². The smallest absolute Gasteiger partial charge is 0.249 e. The highest BCUT2D eigenvalue weighted by atomic mass is 35.5. The van der Waals surface area contributed by atoms with E-state index in [0.29, 0.717) is 34.4 Å². The summed E-state index contributed by atoms with van der Waals surface area (Å²) in [5.74, 6) is 1.02. The Balaban J connectivity index is 1.40. The minimum atomic E-state index is -1.34. The number of aryl methyl sites for hydroxylation is 1. The Morgan fingerprint density at radius 2 is 2.00 bits per heavy atom. The van der Waals surface area contributed by atoms with Crippen LogP contribution in [-0.4, -0.2) is 39.3 Å². The molecular formula is C25H29ClFN5O. The van der Waals surface area contributed by atoms with E-state index in [0.717, 1.165) is 36.5 Å². The van der Waals surface area contributed by atoms with Crippen LogP contribution in [0.3, 0.4) is 0 Å². The molecule has 1 unspecified atom stereocenters. The van der Waals surface area contributed by atoms with Gasteiger partial charge in [-0.15, -0.1) is 10.2 Å². The summed E-state index contributed by atoms with van der Waals surface area (Å²) in [6.07, 6.45) is 5.56. The number of pyridine rings is 1. The lowest BCUT2D eigenvalue weighted by Crippen LogP contribution is -2.41. The minimum Gasteiger partial charge on any atom is -0.421 e. The molecule has 174 valence electrons. The van der Waals surface area contributed by atoms with Crippen LogP contribution < -0.4 is 5.32 Å². The molecule has 0 spiro atoms. The van der Waals surface area contributed by atoms with Crippen molar-refractivity contribution in [2.24, 2.45) is 0 Å². The molecule has 0 bridgehead atoms. The second-order valence-corrected chi connectivity index (χ2v) is 9.16. The van der Waals surface area contributed by atoms with E-state index >= 15 is 0 Å². The van der Waals surface area contributed by atoms with Crippen LogP contribution >= 0.6 is 11.6 Å². The first kappa shape index (κ1) is 23.4. The largest absolute Gasteiger partial charge is 0.421 e. The van der Waals surface area contributed by atoms with Gasteiger partial charge in [-0.3, -0.25) is 9.88 Å². The number of benzene rings is 1. The van der Waals surface area contributed by atoms with Gasteiger partial charge >= 0.3 is 0 Å². The van der Waals surface area contributed by atoms with Crippen molar-refractivity contribution in [3.63, 3.8) is 0 Å². The molecule has 0 radical (unpaired) electrons. The molecule has 0 fully saturated rings. The maximum atomic E-state index is 14.1. The number of aromatic nitrogens is 3. The van der Waals surface area contributed by atoms with E-state index in [2.05, 4.69) is 38.4 Å². The van der Waals surface area contributed by atoms with Gasteiger partial charge in [-0.1, -0.05) is 36.7 Å². The zero-order chi connectivity index (χ0) is 23.6. The zero-order valence-electron chi connectivity index (χ0n) is 19.4. The number of nitrogens with zero attached hydrogens (tertiary/aromatic N) is 4. The average Bonchev–Trinajstić information content (AvgIpc) is 3.28. The van der Waals surface area contributed by atoms with Crippen molar-refractivity contribution >= 4 is 22.9 Å². The normalized spacial score (nSPS) is 15.9. The first-order chi connectivity index (χ1) is 15.7. The molecule has 1 atom stereocenters. The van der Waals surface area contributed by atoms with Gasteiger partial charge < -0.3 is 9.73 Å². The highest BCUT2D eigenvalue weighted by molar-refractivity contribution is 6.32. The maximum Gasteiger partial charge on any atom is 0.249 e. The monoisotopic (exact) mass is 469 g/mol. The van der Waals surface area contributed by atoms with Crippen LogP contribution in [0.1, 0.15) is 51.3 Å². The third-order valence-corrected chi connectivity index (χ3v) is 6.18. The average molecular weight is 470 g/mol. The number of halogens is 2. The molecule has 1 aliphatic heterocycles. The molecule has 0 amide bonds. The van der Waals surface area contributed by atoms with Crippen LogP contribution in [0.15, 0.2) is 47.0 Å². The quantitative estimate of drug-likeness (QED) is 0.451. The summed E-state index contributed by atoms with van der Waals surface area (Å²) in [7, 11) is 0. The summed E-state index contributed by atoms with van der Waals surface area (Å²) < 4.78 is 19.7. The summed E-state index contributed by atoms with van der Waals surface area (Å²) in [5, 5.41) is 12.1. The van der Waals surface area contributed by atoms with Gasteiger partial charge in [-0.25, -0.2) is 4.39 Å². The summed E-state index contributed by atoms with van der Waals surface area (Å²) >= 11 is 6.56. The summed E-state index contributed by atoms with van der Waals surface area (Å²) in [6.45, 7) is 8.88. The van der Waals surface area contributed by atoms with Crippen LogP contribution in [0, 0.1) is 0 Å². The Labute approximate surface area is 198 Å². The van der Waals surface area contributed by atoms with Gasteiger partial charge in [0.1, 0.15) is 5.67 Å². The van der Waals surface area contributed by atoms with E-state index in [1.165, 1.54) is 0 Å². The topological polar surface area (TPSA) is 67.1 Å². The Hall–Kier alpha value is -2.77. The fourth-order valence-electron chi connectivity index (χ4n) is 3.85. The Morgan fingerprint density at radius 1 is 1.24 bits per heavy atom. The molecule has 3 heterocycles. The van der Waals surface area contributed by atoms with Gasteiger partial charge in [-0.2, -0.15) is 0 Å². The molecule has 33 heavy (non-hydrogen) atoms. The standard InChI is InChI=1S/C25H29ClFN5O/c1-5-22-30-31-24(33-22)18-14-21(26)23(28-15-18)17-10-12-32(13-11-17)16(2)29-20-8-6-19(7-9-20)25(3,4)27/h6-10,14-16,29H,5,11-13H2,1-4H3. The van der Waals surface area contributed by atoms with Gasteiger partial charge in [0.15, 0.2) is 0 Å². The van der Waals surface area contributed by atoms with E-state index in [4.69, 9.17) is 16.0 Å². The van der Waals surface area contributed by atoms with Crippen molar-refractivity contribution in [2.75, 3.05) is 18.4 Å². The molecule has 0 aliphatic carbocycles. The van der Waals surface area contributed by atoms with E-state index in [-0.39, 0.29) is 6.17 Å². The Kier molecular flexibility index (Phi) is 6.81. The van der Waals surface area contributed by atoms with Crippen molar-refractivity contribution in [3.8, 4) is 11.5 Å². The molecule has 1 aliphatic rings. The Bertz CT molecular complexity index is 1140. The first-order valence-electron chi connectivity index (χ1n) is 11.2. The van der Waals surface area contributed by atoms with Crippen LogP contribution in [0.5, 0.6) is 0 Å². The van der Waals surface area contributed by atoms with Crippen molar-refractivity contribution in [1.82, 2.24) is 20.1 Å². The molecule has 2 aromatic heterocycles. The van der Waals surface area contributed by atoms with Crippen LogP contribution in [-0.2, 0) is 12.1 Å². The van der Waals surface area contributed by atoms with Gasteiger partial charge in [-0.05, 0) is 56.5 Å². The molecule has 6 nitrogen and oxygen atoms in total. The molecule has 1 N–H and O–H groups in total. The highest BCUT2D eigenvalue weighted by Crippen LogP contribution is 2.31. The van der Waals surface area contributed by atoms with Crippen LogP contribution in [0.4, 0.5) is 10.1 Å². The van der Waals surface area contributed by atoms with Gasteiger partial charge in [0.2, 0.25) is 11.8 Å². The summed E-state index contributed by atoms with van der Waals surface area (Å²) in [4.78, 5) is 6.92. The second-order valence-electron chi connectivity index (χ2n) is 8.75. The van der Waals surface area contributed by atoms with Crippen molar-refractivity contribution < 1.29 is 8.81 Å². The van der Waals surface area contributed by atoms with Crippen LogP contribution in [0.25, 0.3) is 17.0 Å². The lowest BCUT2D eigenvalue weighted by atomic mass is 10.00. The fraction of sp³-hybridized carbons (Fsp3) is 0.400. The van der Waals surface area contributed by atoms with E-state index < -0.39 is 5.67 Å². The van der Waals surface area contributed by atoms with Gasteiger partial charge in [0.05, 0.1) is 22.4 Å². The lowest BCUT2D eigenvalue weighted by molar-refractivity contribution is 0.221. The van der Waals surface area contributed by atoms with Crippen molar-refractivity contribution in [3.05, 3.63) is 64.8 Å². The molecule has 4 rings (SSSR count). The molecule has 0 saturated carbocycles. The predicted molar refractivity (Wildman–Crippen MR) is 130 cm³/mol. The fourth-order valence-corrected chi connectivity index (χ4v) is 4.14. The minimum absolute atomic E-state index is 0.128. The lowest BCUT2D eigenvalue weighted by Gasteiger charge is -2.33. The molecule has 8 heteroatoms. The summed E-state index contributed by atoms with van der Waals surface area (Å²) in [5.41, 5.74) is 2.94. The number of alkyl halides is 1. The van der Waals surface area contributed by atoms with Gasteiger partial charge in [0.25, 0.3) is 0 Å². The highest BCUT2D eigenvalue weighted by Gasteiger charge is 2.22. The van der Waals surface area contributed by atoms with E-state index in [1.807, 2.05) is 37.3 Å². The first-order valence-corrected chi connectivity index (χ1v) is 11.6. The van der Waals surface area contributed by atoms with Crippen molar-refractivity contribution in [1.29, 1.82) is 0 Å². The Morgan fingerprint density at radius 3 is 2.58 bits per heavy atom. The summed E-state index contributed by atoms with van der Waals surface area (Å²) in [6, 6.07) is 9.35. The van der Waals surface area contributed by atoms with E-state index in [9.17, 15) is 4.39 Å². The SMILES string of the molecule is CCc1nnc(-c2cnc(C3=CCN(C(C)Nc4ccc(C(C)(C)F)cc4)CC3)c(Cl)c2)o1. The predicted octanol–water partition coefficient (Wildman–Crippen LogP) is 6.10. The number of hydrogen-bond donors (Lipinski definition) is 1. The third-order valence-electron chi connectivity index (χ3n) is 5.90.